The van der Waals surface area contributed by atoms with Crippen molar-refractivity contribution in [2.45, 2.75) is 51.2 Å². The van der Waals surface area contributed by atoms with Crippen LogP contribution < -0.4 is 4.90 Å². The summed E-state index contributed by atoms with van der Waals surface area (Å²) >= 11 is 1.34. The van der Waals surface area contributed by atoms with Gasteiger partial charge in [0.2, 0.25) is 5.91 Å². The quantitative estimate of drug-likeness (QED) is 0.669. The predicted molar refractivity (Wildman–Crippen MR) is 125 cm³/mol. The van der Waals surface area contributed by atoms with Crippen molar-refractivity contribution >= 4 is 28.9 Å². The summed E-state index contributed by atoms with van der Waals surface area (Å²) < 4.78 is 10.6. The minimum atomic E-state index is -0.664. The van der Waals surface area contributed by atoms with Crippen LogP contribution in [0.25, 0.3) is 10.4 Å². The molecule has 2 heterocycles. The molecule has 1 saturated carbocycles. The molecule has 1 aromatic carbocycles. The van der Waals surface area contributed by atoms with Gasteiger partial charge in [-0.2, -0.15) is 0 Å². The van der Waals surface area contributed by atoms with Crippen molar-refractivity contribution < 1.29 is 24.2 Å². The summed E-state index contributed by atoms with van der Waals surface area (Å²) in [4.78, 5) is 29.8. The Labute approximate surface area is 193 Å². The highest BCUT2D eigenvalue weighted by Gasteiger charge is 2.40. The second kappa shape index (κ2) is 10.1. The van der Waals surface area contributed by atoms with Gasteiger partial charge in [-0.1, -0.05) is 37.3 Å². The number of rotatable bonds is 5. The number of hydrogen-bond acceptors (Lipinski definition) is 6. The van der Waals surface area contributed by atoms with Gasteiger partial charge in [0.15, 0.2) is 0 Å². The van der Waals surface area contributed by atoms with E-state index in [1.165, 1.54) is 18.4 Å². The summed E-state index contributed by atoms with van der Waals surface area (Å²) in [6, 6.07) is 11.7. The molecule has 2 fully saturated rings. The van der Waals surface area contributed by atoms with Crippen molar-refractivity contribution in [2.24, 2.45) is 11.8 Å². The van der Waals surface area contributed by atoms with E-state index in [1.807, 2.05) is 36.4 Å². The Morgan fingerprint density at radius 1 is 1.12 bits per heavy atom. The van der Waals surface area contributed by atoms with Crippen molar-refractivity contribution in [3.8, 4) is 10.4 Å². The molecule has 0 radical (unpaired) electrons. The second-order valence-electron chi connectivity index (χ2n) is 8.83. The number of hydrogen-bond donors (Lipinski definition) is 1. The number of aliphatic hydroxyl groups excluding tert-OH is 1. The predicted octanol–water partition coefficient (Wildman–Crippen LogP) is 4.51. The maximum atomic E-state index is 13.9. The van der Waals surface area contributed by atoms with Crippen LogP contribution in [0.15, 0.2) is 36.4 Å². The molecule has 1 amide bonds. The van der Waals surface area contributed by atoms with Gasteiger partial charge in [-0.25, -0.2) is 4.79 Å². The van der Waals surface area contributed by atoms with Crippen molar-refractivity contribution in [3.05, 3.63) is 41.3 Å². The number of thiophene rings is 1. The molecule has 4 rings (SSSR count). The lowest BCUT2D eigenvalue weighted by molar-refractivity contribution is -0.129. The van der Waals surface area contributed by atoms with E-state index < -0.39 is 18.0 Å². The molecular weight excluding hydrogens is 426 g/mol. The second-order valence-corrected chi connectivity index (χ2v) is 9.88. The maximum Gasteiger partial charge on any atom is 0.350 e. The molecule has 3 unspecified atom stereocenters. The van der Waals surface area contributed by atoms with Crippen molar-refractivity contribution in [3.63, 3.8) is 0 Å². The van der Waals surface area contributed by atoms with Crippen LogP contribution in [0.3, 0.4) is 0 Å². The Bertz CT molecular complexity index is 937. The zero-order valence-electron chi connectivity index (χ0n) is 18.7. The fourth-order valence-electron chi connectivity index (χ4n) is 4.80. The van der Waals surface area contributed by atoms with Gasteiger partial charge in [0, 0.05) is 24.1 Å². The van der Waals surface area contributed by atoms with Gasteiger partial charge in [-0.15, -0.1) is 11.3 Å². The van der Waals surface area contributed by atoms with Crippen molar-refractivity contribution in [1.82, 2.24) is 0 Å². The third-order valence-corrected chi connectivity index (χ3v) is 7.74. The molecule has 0 spiro atoms. The zero-order valence-corrected chi connectivity index (χ0v) is 19.5. The molecule has 1 aliphatic heterocycles. The lowest BCUT2D eigenvalue weighted by Crippen LogP contribution is -2.50. The number of benzene rings is 1. The maximum absolute atomic E-state index is 13.9. The van der Waals surface area contributed by atoms with E-state index in [-0.39, 0.29) is 11.9 Å². The molecule has 2 aliphatic rings. The number of methoxy groups -OCH3 is 1. The highest BCUT2D eigenvalue weighted by atomic mass is 32.1. The SMILES string of the molecule is COC(=O)c1sc(-c2ccccc2)cc1N(C(=O)C1CCC(C)CC1O)C1CCOCC1. The number of aliphatic hydroxyl groups is 1. The van der Waals surface area contributed by atoms with Crippen LogP contribution in [0.1, 0.15) is 48.7 Å². The summed E-state index contributed by atoms with van der Waals surface area (Å²) in [5.74, 6) is -0.602. The molecule has 1 N–H and O–H groups in total. The van der Waals surface area contributed by atoms with Crippen LogP contribution in [0.5, 0.6) is 0 Å². The van der Waals surface area contributed by atoms with Crippen LogP contribution in [-0.2, 0) is 14.3 Å². The van der Waals surface area contributed by atoms with Crippen LogP contribution in [-0.4, -0.2) is 49.5 Å². The van der Waals surface area contributed by atoms with Gasteiger partial charge in [-0.05, 0) is 49.7 Å². The van der Waals surface area contributed by atoms with Gasteiger partial charge < -0.3 is 19.5 Å². The van der Waals surface area contributed by atoms with E-state index in [1.54, 1.807) is 4.90 Å². The first-order chi connectivity index (χ1) is 15.5. The number of carbonyl (C=O) groups is 2. The lowest BCUT2D eigenvalue weighted by atomic mass is 9.79. The van der Waals surface area contributed by atoms with Gasteiger partial charge in [-0.3, -0.25) is 4.79 Å². The molecule has 32 heavy (non-hydrogen) atoms. The average molecular weight is 458 g/mol. The molecule has 2 aromatic rings. The molecule has 1 aliphatic carbocycles. The summed E-state index contributed by atoms with van der Waals surface area (Å²) in [7, 11) is 1.36. The molecule has 172 valence electrons. The molecule has 6 nitrogen and oxygen atoms in total. The van der Waals surface area contributed by atoms with Crippen LogP contribution in [0, 0.1) is 11.8 Å². The fraction of sp³-hybridized carbons (Fsp3) is 0.520. The summed E-state index contributed by atoms with van der Waals surface area (Å²) in [6.07, 6.45) is 2.93. The van der Waals surface area contributed by atoms with Crippen LogP contribution in [0.4, 0.5) is 5.69 Å². The highest BCUT2D eigenvalue weighted by molar-refractivity contribution is 7.18. The average Bonchev–Trinajstić information content (AvgIpc) is 3.25. The normalized spacial score (nSPS) is 24.2. The van der Waals surface area contributed by atoms with E-state index >= 15 is 0 Å². The number of carbonyl (C=O) groups excluding carboxylic acids is 2. The first kappa shape index (κ1) is 23.0. The topological polar surface area (TPSA) is 76.1 Å². The van der Waals surface area contributed by atoms with Gasteiger partial charge in [0.05, 0.1) is 24.8 Å². The molecule has 1 aromatic heterocycles. The van der Waals surface area contributed by atoms with Gasteiger partial charge in [0.1, 0.15) is 4.88 Å². The monoisotopic (exact) mass is 457 g/mol. The standard InChI is InChI=1S/C25H31NO5S/c1-16-8-9-19(21(27)14-16)24(28)26(18-10-12-31-13-11-18)20-15-22(17-6-4-3-5-7-17)32-23(20)25(29)30-2/h3-7,15-16,18-19,21,27H,8-14H2,1-2H3. The van der Waals surface area contributed by atoms with Crippen LogP contribution >= 0.6 is 11.3 Å². The fourth-order valence-corrected chi connectivity index (χ4v) is 5.87. The minimum absolute atomic E-state index is 0.0792. The number of anilines is 1. The highest BCUT2D eigenvalue weighted by Crippen LogP contribution is 2.41. The number of ether oxygens (including phenoxy) is 2. The Morgan fingerprint density at radius 3 is 2.50 bits per heavy atom. The number of esters is 1. The molecule has 0 bridgehead atoms. The number of nitrogens with zero attached hydrogens (tertiary/aromatic N) is 1. The Balaban J connectivity index is 1.77. The van der Waals surface area contributed by atoms with E-state index in [2.05, 4.69) is 6.92 Å². The molecule has 7 heteroatoms. The Hall–Kier alpha value is -2.22. The molecule has 3 atom stereocenters. The third-order valence-electron chi connectivity index (χ3n) is 6.59. The third kappa shape index (κ3) is 4.75. The largest absolute Gasteiger partial charge is 0.465 e. The van der Waals surface area contributed by atoms with E-state index in [9.17, 15) is 14.7 Å². The number of amides is 1. The Kier molecular flexibility index (Phi) is 7.28. The van der Waals surface area contributed by atoms with E-state index in [4.69, 9.17) is 9.47 Å². The summed E-state index contributed by atoms with van der Waals surface area (Å²) in [5.41, 5.74) is 1.57. The van der Waals surface area contributed by atoms with E-state index in [0.717, 1.165) is 16.9 Å². The zero-order chi connectivity index (χ0) is 22.7. The molecular formula is C25H31NO5S. The Morgan fingerprint density at radius 2 is 1.84 bits per heavy atom. The van der Waals surface area contributed by atoms with E-state index in [0.29, 0.717) is 55.4 Å². The minimum Gasteiger partial charge on any atom is -0.465 e. The van der Waals surface area contributed by atoms with Crippen molar-refractivity contribution in [1.29, 1.82) is 0 Å². The smallest absolute Gasteiger partial charge is 0.350 e. The molecule has 1 saturated heterocycles. The lowest BCUT2D eigenvalue weighted by Gasteiger charge is -2.39. The summed E-state index contributed by atoms with van der Waals surface area (Å²) in [5, 5.41) is 10.8. The van der Waals surface area contributed by atoms with Crippen LogP contribution in [0.2, 0.25) is 0 Å². The first-order valence-corrected chi connectivity index (χ1v) is 12.2. The van der Waals surface area contributed by atoms with Gasteiger partial charge in [0.25, 0.3) is 0 Å². The summed E-state index contributed by atoms with van der Waals surface area (Å²) in [6.45, 7) is 3.25. The first-order valence-electron chi connectivity index (χ1n) is 11.4. The van der Waals surface area contributed by atoms with Gasteiger partial charge >= 0.3 is 5.97 Å². The van der Waals surface area contributed by atoms with Crippen molar-refractivity contribution in [2.75, 3.05) is 25.2 Å².